The van der Waals surface area contributed by atoms with Crippen molar-refractivity contribution in [2.75, 3.05) is 7.05 Å². The maximum atomic E-state index is 5.92. The molecule has 0 fully saturated rings. The predicted octanol–water partition coefficient (Wildman–Crippen LogP) is 3.57. The van der Waals surface area contributed by atoms with Gasteiger partial charge in [0.05, 0.1) is 0 Å². The van der Waals surface area contributed by atoms with E-state index in [0.717, 1.165) is 11.6 Å². The van der Waals surface area contributed by atoms with E-state index in [9.17, 15) is 0 Å². The minimum absolute atomic E-state index is 0.197. The first-order chi connectivity index (χ1) is 6.39. The molecule has 0 spiro atoms. The molecule has 1 aromatic carbocycles. The first kappa shape index (κ1) is 11.5. The van der Waals surface area contributed by atoms with Crippen molar-refractivity contribution in [2.45, 2.75) is 32.9 Å². The van der Waals surface area contributed by atoms with Crippen LogP contribution >= 0.6 is 11.6 Å². The first-order valence-corrected chi connectivity index (χ1v) is 5.23. The van der Waals surface area contributed by atoms with Gasteiger partial charge in [-0.05, 0) is 45.5 Å². The Bertz CT molecular complexity index is 301. The van der Waals surface area contributed by atoms with Crippen LogP contribution in [0.5, 0.6) is 0 Å². The Kier molecular flexibility index (Phi) is 3.57. The smallest absolute Gasteiger partial charge is 0.0409 e. The van der Waals surface area contributed by atoms with E-state index >= 15 is 0 Å². The van der Waals surface area contributed by atoms with E-state index < -0.39 is 0 Å². The number of rotatable bonds is 2. The number of nitrogens with zero attached hydrogens (tertiary/aromatic N) is 1. The molecule has 14 heavy (non-hydrogen) atoms. The molecule has 0 radical (unpaired) electrons. The Balaban J connectivity index is 2.70. The molecule has 0 atom stereocenters. The third kappa shape index (κ3) is 3.32. The summed E-state index contributed by atoms with van der Waals surface area (Å²) in [5, 5.41) is 0.810. The highest BCUT2D eigenvalue weighted by atomic mass is 35.5. The van der Waals surface area contributed by atoms with E-state index in [4.69, 9.17) is 11.6 Å². The second kappa shape index (κ2) is 4.33. The lowest BCUT2D eigenvalue weighted by molar-refractivity contribution is 0.167. The van der Waals surface area contributed by atoms with Crippen LogP contribution < -0.4 is 0 Å². The van der Waals surface area contributed by atoms with Gasteiger partial charge in [-0.1, -0.05) is 23.7 Å². The molecule has 0 aliphatic heterocycles. The molecule has 1 rings (SSSR count). The summed E-state index contributed by atoms with van der Waals surface area (Å²) in [5.41, 5.74) is 1.46. The lowest BCUT2D eigenvalue weighted by Gasteiger charge is -2.31. The molecule has 0 amide bonds. The molecule has 1 aromatic rings. The summed E-state index contributed by atoms with van der Waals surface area (Å²) in [6, 6.07) is 8.02. The van der Waals surface area contributed by atoms with Crippen LogP contribution in [0.25, 0.3) is 0 Å². The molecular formula is C12H18ClN. The van der Waals surface area contributed by atoms with E-state index in [1.807, 2.05) is 18.2 Å². The Morgan fingerprint density at radius 1 is 1.29 bits per heavy atom. The van der Waals surface area contributed by atoms with E-state index in [1.54, 1.807) is 0 Å². The molecule has 0 aliphatic rings. The van der Waals surface area contributed by atoms with E-state index in [-0.39, 0.29) is 5.54 Å². The monoisotopic (exact) mass is 211 g/mol. The maximum Gasteiger partial charge on any atom is 0.0409 e. The molecule has 2 heteroatoms. The normalized spacial score (nSPS) is 12.1. The molecule has 0 heterocycles. The fourth-order valence-corrected chi connectivity index (χ4v) is 1.36. The summed E-state index contributed by atoms with van der Waals surface area (Å²) >= 11 is 5.92. The maximum absolute atomic E-state index is 5.92. The zero-order chi connectivity index (χ0) is 10.8. The topological polar surface area (TPSA) is 3.24 Å². The Morgan fingerprint density at radius 3 is 2.43 bits per heavy atom. The SMILES string of the molecule is CN(Cc1cccc(Cl)c1)C(C)(C)C. The van der Waals surface area contributed by atoms with Gasteiger partial charge in [-0.2, -0.15) is 0 Å². The predicted molar refractivity (Wildman–Crippen MR) is 62.7 cm³/mol. The van der Waals surface area contributed by atoms with Gasteiger partial charge < -0.3 is 0 Å². The average Bonchev–Trinajstić information content (AvgIpc) is 2.02. The standard InChI is InChI=1S/C12H18ClN/c1-12(2,3)14(4)9-10-6-5-7-11(13)8-10/h5-8H,9H2,1-4H3. The summed E-state index contributed by atoms with van der Waals surface area (Å²) in [5.74, 6) is 0. The molecule has 0 unspecified atom stereocenters. The summed E-state index contributed by atoms with van der Waals surface area (Å²) in [7, 11) is 2.13. The molecule has 0 aromatic heterocycles. The lowest BCUT2D eigenvalue weighted by Crippen LogP contribution is -2.37. The first-order valence-electron chi connectivity index (χ1n) is 4.85. The zero-order valence-corrected chi connectivity index (χ0v) is 10.1. The number of halogens is 1. The van der Waals surface area contributed by atoms with Gasteiger partial charge in [0.15, 0.2) is 0 Å². The van der Waals surface area contributed by atoms with Crippen LogP contribution in [0.2, 0.25) is 5.02 Å². The van der Waals surface area contributed by atoms with Gasteiger partial charge in [0.1, 0.15) is 0 Å². The zero-order valence-electron chi connectivity index (χ0n) is 9.34. The van der Waals surface area contributed by atoms with Crippen LogP contribution in [0.15, 0.2) is 24.3 Å². The van der Waals surface area contributed by atoms with Gasteiger partial charge in [0.2, 0.25) is 0 Å². The average molecular weight is 212 g/mol. The Morgan fingerprint density at radius 2 is 1.93 bits per heavy atom. The fourth-order valence-electron chi connectivity index (χ4n) is 1.15. The number of benzene rings is 1. The van der Waals surface area contributed by atoms with E-state index in [0.29, 0.717) is 0 Å². The minimum atomic E-state index is 0.197. The lowest BCUT2D eigenvalue weighted by atomic mass is 10.1. The van der Waals surface area contributed by atoms with Crippen LogP contribution in [0.4, 0.5) is 0 Å². The highest BCUT2D eigenvalue weighted by Crippen LogP contribution is 2.17. The second-order valence-electron chi connectivity index (χ2n) is 4.66. The number of hydrogen-bond donors (Lipinski definition) is 0. The van der Waals surface area contributed by atoms with Crippen molar-refractivity contribution in [3.8, 4) is 0 Å². The highest BCUT2D eigenvalue weighted by Gasteiger charge is 2.16. The molecule has 0 saturated heterocycles. The summed E-state index contributed by atoms with van der Waals surface area (Å²) < 4.78 is 0. The third-order valence-electron chi connectivity index (χ3n) is 2.45. The van der Waals surface area contributed by atoms with Crippen LogP contribution in [0, 0.1) is 0 Å². The molecule has 0 N–H and O–H groups in total. The van der Waals surface area contributed by atoms with E-state index in [1.165, 1.54) is 5.56 Å². The van der Waals surface area contributed by atoms with Crippen molar-refractivity contribution in [3.05, 3.63) is 34.9 Å². The molecule has 1 nitrogen and oxygen atoms in total. The fraction of sp³-hybridized carbons (Fsp3) is 0.500. The number of hydrogen-bond acceptors (Lipinski definition) is 1. The Hall–Kier alpha value is -0.530. The molecule has 0 saturated carbocycles. The summed E-state index contributed by atoms with van der Waals surface area (Å²) in [6.07, 6.45) is 0. The highest BCUT2D eigenvalue weighted by molar-refractivity contribution is 6.30. The van der Waals surface area contributed by atoms with Gasteiger partial charge in [-0.25, -0.2) is 0 Å². The van der Waals surface area contributed by atoms with Gasteiger partial charge >= 0.3 is 0 Å². The van der Waals surface area contributed by atoms with Gasteiger partial charge in [-0.15, -0.1) is 0 Å². The van der Waals surface area contributed by atoms with Gasteiger partial charge in [0.25, 0.3) is 0 Å². The largest absolute Gasteiger partial charge is 0.297 e. The van der Waals surface area contributed by atoms with Crippen molar-refractivity contribution < 1.29 is 0 Å². The van der Waals surface area contributed by atoms with Gasteiger partial charge in [0, 0.05) is 17.1 Å². The van der Waals surface area contributed by atoms with Crippen LogP contribution in [0.3, 0.4) is 0 Å². The molecular weight excluding hydrogens is 194 g/mol. The third-order valence-corrected chi connectivity index (χ3v) is 2.69. The minimum Gasteiger partial charge on any atom is -0.297 e. The molecule has 78 valence electrons. The summed E-state index contributed by atoms with van der Waals surface area (Å²) in [6.45, 7) is 7.55. The van der Waals surface area contributed by atoms with Crippen LogP contribution in [-0.2, 0) is 6.54 Å². The summed E-state index contributed by atoms with van der Waals surface area (Å²) in [4.78, 5) is 2.30. The van der Waals surface area contributed by atoms with Crippen molar-refractivity contribution >= 4 is 11.6 Å². The quantitative estimate of drug-likeness (QED) is 0.723. The Labute approximate surface area is 91.7 Å². The van der Waals surface area contributed by atoms with Crippen LogP contribution in [0.1, 0.15) is 26.3 Å². The molecule has 0 bridgehead atoms. The molecule has 0 aliphatic carbocycles. The van der Waals surface area contributed by atoms with Crippen molar-refractivity contribution in [1.82, 2.24) is 4.90 Å². The van der Waals surface area contributed by atoms with Crippen molar-refractivity contribution in [1.29, 1.82) is 0 Å². The van der Waals surface area contributed by atoms with Crippen LogP contribution in [-0.4, -0.2) is 17.5 Å². The second-order valence-corrected chi connectivity index (χ2v) is 5.09. The van der Waals surface area contributed by atoms with Crippen molar-refractivity contribution in [2.24, 2.45) is 0 Å². The van der Waals surface area contributed by atoms with E-state index in [2.05, 4.69) is 38.8 Å². The van der Waals surface area contributed by atoms with Gasteiger partial charge in [-0.3, -0.25) is 4.90 Å². The van der Waals surface area contributed by atoms with Crippen molar-refractivity contribution in [3.63, 3.8) is 0 Å².